The molecule has 0 spiro atoms. The highest BCUT2D eigenvalue weighted by Crippen LogP contribution is 2.15. The van der Waals surface area contributed by atoms with Gasteiger partial charge in [0.25, 0.3) is 0 Å². The Morgan fingerprint density at radius 3 is 2.77 bits per heavy atom. The molecule has 76 valence electrons. The van der Waals surface area contributed by atoms with Crippen molar-refractivity contribution in [3.05, 3.63) is 0 Å². The predicted molar refractivity (Wildman–Crippen MR) is 50.3 cm³/mol. The molecule has 0 aromatic rings. The van der Waals surface area contributed by atoms with Crippen molar-refractivity contribution in [1.82, 2.24) is 10.2 Å². The molecule has 4 nitrogen and oxygen atoms in total. The molecule has 0 aromatic heterocycles. The van der Waals surface area contributed by atoms with Gasteiger partial charge in [-0.15, -0.1) is 0 Å². The van der Waals surface area contributed by atoms with Crippen LogP contribution in [0.15, 0.2) is 0 Å². The number of nitrogens with zero attached hydrogens (tertiary/aromatic N) is 1. The first-order chi connectivity index (χ1) is 6.13. The molecular formula is C9H18N2O2. The Labute approximate surface area is 78.9 Å². The van der Waals surface area contributed by atoms with Crippen molar-refractivity contribution in [3.63, 3.8) is 0 Å². The SMILES string of the molecule is CNC(=O)CCN1CC(C)C(O)C1. The fraction of sp³-hybridized carbons (Fsp3) is 0.889. The van der Waals surface area contributed by atoms with Crippen molar-refractivity contribution in [3.8, 4) is 0 Å². The van der Waals surface area contributed by atoms with E-state index in [1.54, 1.807) is 7.05 Å². The number of aliphatic hydroxyl groups excluding tert-OH is 1. The van der Waals surface area contributed by atoms with Gasteiger partial charge in [0, 0.05) is 33.1 Å². The molecule has 1 rings (SSSR count). The van der Waals surface area contributed by atoms with E-state index in [0.717, 1.165) is 13.1 Å². The van der Waals surface area contributed by atoms with Gasteiger partial charge in [0.1, 0.15) is 0 Å². The first-order valence-electron chi connectivity index (χ1n) is 4.74. The minimum absolute atomic E-state index is 0.0639. The Bertz CT molecular complexity index is 174. The third-order valence-corrected chi connectivity index (χ3v) is 2.58. The quantitative estimate of drug-likeness (QED) is 0.621. The number of aliphatic hydroxyl groups is 1. The fourth-order valence-corrected chi connectivity index (χ4v) is 1.62. The van der Waals surface area contributed by atoms with Gasteiger partial charge in [-0.25, -0.2) is 0 Å². The van der Waals surface area contributed by atoms with Gasteiger partial charge in [0.05, 0.1) is 6.10 Å². The Morgan fingerprint density at radius 2 is 2.31 bits per heavy atom. The maximum Gasteiger partial charge on any atom is 0.221 e. The zero-order valence-corrected chi connectivity index (χ0v) is 8.29. The number of carbonyl (C=O) groups is 1. The number of carbonyl (C=O) groups excluding carboxylic acids is 1. The molecule has 1 aliphatic heterocycles. The minimum atomic E-state index is -0.218. The molecule has 1 aliphatic rings. The zero-order chi connectivity index (χ0) is 9.84. The topological polar surface area (TPSA) is 52.6 Å². The summed E-state index contributed by atoms with van der Waals surface area (Å²) in [6, 6.07) is 0. The third kappa shape index (κ3) is 2.97. The molecule has 0 radical (unpaired) electrons. The van der Waals surface area contributed by atoms with Gasteiger partial charge in [-0.1, -0.05) is 6.92 Å². The molecule has 0 aliphatic carbocycles. The average molecular weight is 186 g/mol. The lowest BCUT2D eigenvalue weighted by atomic mass is 10.1. The number of β-amino-alcohol motifs (C(OH)–C–C–N with tert-alkyl or cyclic N) is 1. The molecule has 2 atom stereocenters. The fourth-order valence-electron chi connectivity index (χ4n) is 1.62. The van der Waals surface area contributed by atoms with Crippen LogP contribution in [-0.4, -0.2) is 48.7 Å². The number of hydrogen-bond donors (Lipinski definition) is 2. The van der Waals surface area contributed by atoms with E-state index in [9.17, 15) is 9.90 Å². The van der Waals surface area contributed by atoms with Crippen molar-refractivity contribution in [2.75, 3.05) is 26.7 Å². The minimum Gasteiger partial charge on any atom is -0.391 e. The highest BCUT2D eigenvalue weighted by molar-refractivity contribution is 5.75. The zero-order valence-electron chi connectivity index (χ0n) is 8.29. The lowest BCUT2D eigenvalue weighted by molar-refractivity contribution is -0.120. The Morgan fingerprint density at radius 1 is 1.62 bits per heavy atom. The molecule has 0 aromatic carbocycles. The van der Waals surface area contributed by atoms with Gasteiger partial charge in [0.2, 0.25) is 5.91 Å². The number of amides is 1. The molecule has 2 N–H and O–H groups in total. The van der Waals surface area contributed by atoms with Crippen LogP contribution in [0.4, 0.5) is 0 Å². The van der Waals surface area contributed by atoms with Crippen LogP contribution in [0.2, 0.25) is 0 Å². The van der Waals surface area contributed by atoms with Crippen LogP contribution in [0, 0.1) is 5.92 Å². The number of nitrogens with one attached hydrogen (secondary N) is 1. The summed E-state index contributed by atoms with van der Waals surface area (Å²) in [6.45, 7) is 4.39. The monoisotopic (exact) mass is 186 g/mol. The maximum absolute atomic E-state index is 10.9. The first-order valence-corrected chi connectivity index (χ1v) is 4.74. The smallest absolute Gasteiger partial charge is 0.221 e. The maximum atomic E-state index is 10.9. The largest absolute Gasteiger partial charge is 0.391 e. The van der Waals surface area contributed by atoms with Crippen molar-refractivity contribution >= 4 is 5.91 Å². The van der Waals surface area contributed by atoms with E-state index in [1.807, 2.05) is 6.92 Å². The lowest BCUT2D eigenvalue weighted by Crippen LogP contribution is -2.28. The summed E-state index contributed by atoms with van der Waals surface area (Å²) in [4.78, 5) is 13.1. The second-order valence-corrected chi connectivity index (χ2v) is 3.73. The molecule has 0 bridgehead atoms. The molecule has 4 heteroatoms. The second-order valence-electron chi connectivity index (χ2n) is 3.73. The Balaban J connectivity index is 2.20. The molecule has 1 heterocycles. The summed E-state index contributed by atoms with van der Waals surface area (Å²) in [5.74, 6) is 0.402. The van der Waals surface area contributed by atoms with Gasteiger partial charge < -0.3 is 10.4 Å². The molecule has 1 fully saturated rings. The summed E-state index contributed by atoms with van der Waals surface area (Å²) >= 11 is 0. The Kier molecular flexibility index (Phi) is 3.69. The van der Waals surface area contributed by atoms with E-state index < -0.39 is 0 Å². The summed E-state index contributed by atoms with van der Waals surface area (Å²) in [5.41, 5.74) is 0. The summed E-state index contributed by atoms with van der Waals surface area (Å²) in [6.07, 6.45) is 0.306. The summed E-state index contributed by atoms with van der Waals surface area (Å²) in [5, 5.41) is 12.0. The van der Waals surface area contributed by atoms with Crippen LogP contribution in [-0.2, 0) is 4.79 Å². The molecule has 1 amide bonds. The van der Waals surface area contributed by atoms with Gasteiger partial charge >= 0.3 is 0 Å². The van der Waals surface area contributed by atoms with Crippen LogP contribution in [0.25, 0.3) is 0 Å². The van der Waals surface area contributed by atoms with Gasteiger partial charge in [-0.3, -0.25) is 9.69 Å². The molecular weight excluding hydrogens is 168 g/mol. The van der Waals surface area contributed by atoms with Crippen LogP contribution in [0.3, 0.4) is 0 Å². The van der Waals surface area contributed by atoms with Crippen LogP contribution in [0.1, 0.15) is 13.3 Å². The van der Waals surface area contributed by atoms with E-state index in [2.05, 4.69) is 10.2 Å². The summed E-state index contributed by atoms with van der Waals surface area (Å²) < 4.78 is 0. The van der Waals surface area contributed by atoms with Crippen molar-refractivity contribution in [2.45, 2.75) is 19.4 Å². The van der Waals surface area contributed by atoms with Crippen LogP contribution < -0.4 is 5.32 Å². The first kappa shape index (κ1) is 10.5. The normalized spacial score (nSPS) is 29.2. The standard InChI is InChI=1S/C9H18N2O2/c1-7-5-11(6-8(7)12)4-3-9(13)10-2/h7-8,12H,3-6H2,1-2H3,(H,10,13). The average Bonchev–Trinajstić information content (AvgIpc) is 2.42. The molecule has 0 saturated carbocycles. The molecule has 13 heavy (non-hydrogen) atoms. The molecule has 2 unspecified atom stereocenters. The van der Waals surface area contributed by atoms with E-state index in [4.69, 9.17) is 0 Å². The summed E-state index contributed by atoms with van der Waals surface area (Å²) in [7, 11) is 1.64. The number of likely N-dealkylation sites (tertiary alicyclic amines) is 1. The van der Waals surface area contributed by atoms with Crippen LogP contribution >= 0.6 is 0 Å². The predicted octanol–water partition coefficient (Wildman–Crippen LogP) is -0.565. The lowest BCUT2D eigenvalue weighted by Gasteiger charge is -2.13. The van der Waals surface area contributed by atoms with E-state index in [0.29, 0.717) is 18.9 Å². The second kappa shape index (κ2) is 4.58. The third-order valence-electron chi connectivity index (χ3n) is 2.58. The van der Waals surface area contributed by atoms with Crippen LogP contribution in [0.5, 0.6) is 0 Å². The molecule has 1 saturated heterocycles. The number of rotatable bonds is 3. The highest BCUT2D eigenvalue weighted by Gasteiger charge is 2.27. The van der Waals surface area contributed by atoms with Crippen molar-refractivity contribution in [2.24, 2.45) is 5.92 Å². The number of hydrogen-bond acceptors (Lipinski definition) is 3. The van der Waals surface area contributed by atoms with Crippen molar-refractivity contribution in [1.29, 1.82) is 0 Å². The van der Waals surface area contributed by atoms with Gasteiger partial charge in [-0.2, -0.15) is 0 Å². The van der Waals surface area contributed by atoms with Crippen molar-refractivity contribution < 1.29 is 9.90 Å². The van der Waals surface area contributed by atoms with Gasteiger partial charge in [0.15, 0.2) is 0 Å². The van der Waals surface area contributed by atoms with E-state index in [-0.39, 0.29) is 12.0 Å². The van der Waals surface area contributed by atoms with E-state index >= 15 is 0 Å². The van der Waals surface area contributed by atoms with E-state index in [1.165, 1.54) is 0 Å². The Hall–Kier alpha value is -0.610. The highest BCUT2D eigenvalue weighted by atomic mass is 16.3. The van der Waals surface area contributed by atoms with Gasteiger partial charge in [-0.05, 0) is 5.92 Å².